The summed E-state index contributed by atoms with van der Waals surface area (Å²) < 4.78 is 35.9. The van der Waals surface area contributed by atoms with Crippen LogP contribution in [0.4, 0.5) is 16.8 Å². The minimum absolute atomic E-state index is 0.0585. The van der Waals surface area contributed by atoms with Crippen molar-refractivity contribution in [1.82, 2.24) is 19.9 Å². The number of thiophene rings is 1. The maximum absolute atomic E-state index is 12.0. The SMILES string of the molecule is CCOC(=O)c1cnc(N(c2cc3nc(Cl)nc(N4CCOCC4)c3s2)S(=O)[O-])nc1. The number of anilines is 3. The first kappa shape index (κ1) is 21.8. The molecule has 14 heteroatoms. The van der Waals surface area contributed by atoms with Crippen LogP contribution in [0, 0.1) is 0 Å². The Balaban J connectivity index is 1.73. The normalized spacial score (nSPS) is 15.1. The third-order valence-electron chi connectivity index (χ3n) is 4.30. The Morgan fingerprint density at radius 1 is 1.35 bits per heavy atom. The van der Waals surface area contributed by atoms with E-state index in [0.29, 0.717) is 47.3 Å². The summed E-state index contributed by atoms with van der Waals surface area (Å²) in [7, 11) is 0. The van der Waals surface area contributed by atoms with Gasteiger partial charge in [0.2, 0.25) is 11.2 Å². The Bertz CT molecular complexity index is 1120. The smallest absolute Gasteiger partial charge is 0.341 e. The molecule has 4 heterocycles. The minimum atomic E-state index is -2.73. The van der Waals surface area contributed by atoms with Crippen molar-refractivity contribution in [1.29, 1.82) is 0 Å². The number of fused-ring (bicyclic) bond motifs is 1. The first-order valence-electron chi connectivity index (χ1n) is 9.16. The number of ether oxygens (including phenoxy) is 2. The van der Waals surface area contributed by atoms with Crippen LogP contribution in [-0.2, 0) is 20.7 Å². The average molecular weight is 484 g/mol. The third kappa shape index (κ3) is 4.60. The molecule has 1 unspecified atom stereocenters. The topological polar surface area (TPSA) is 134 Å². The highest BCUT2D eigenvalue weighted by molar-refractivity contribution is 7.81. The molecule has 3 aromatic rings. The van der Waals surface area contributed by atoms with Gasteiger partial charge in [-0.25, -0.2) is 24.1 Å². The highest BCUT2D eigenvalue weighted by Gasteiger charge is 2.23. The van der Waals surface area contributed by atoms with Gasteiger partial charge in [0, 0.05) is 31.5 Å². The van der Waals surface area contributed by atoms with Gasteiger partial charge in [-0.15, -0.1) is 11.3 Å². The molecule has 0 spiro atoms. The first-order chi connectivity index (χ1) is 15.0. The largest absolute Gasteiger partial charge is 0.755 e. The van der Waals surface area contributed by atoms with Crippen LogP contribution in [-0.4, -0.2) is 67.6 Å². The monoisotopic (exact) mass is 483 g/mol. The molecule has 31 heavy (non-hydrogen) atoms. The zero-order chi connectivity index (χ0) is 22.0. The summed E-state index contributed by atoms with van der Waals surface area (Å²) in [5, 5.41) is 0.362. The lowest BCUT2D eigenvalue weighted by Crippen LogP contribution is -2.36. The summed E-state index contributed by atoms with van der Waals surface area (Å²) in [6.07, 6.45) is 2.42. The molecule has 1 aliphatic rings. The average Bonchev–Trinajstić information content (AvgIpc) is 3.17. The molecule has 0 bridgehead atoms. The fourth-order valence-corrected chi connectivity index (χ4v) is 4.86. The van der Waals surface area contributed by atoms with Gasteiger partial charge in [-0.2, -0.15) is 4.98 Å². The van der Waals surface area contributed by atoms with E-state index in [4.69, 9.17) is 21.1 Å². The minimum Gasteiger partial charge on any atom is -0.755 e. The molecule has 0 saturated carbocycles. The number of nitrogens with zero attached hydrogens (tertiary/aromatic N) is 6. The number of esters is 1. The van der Waals surface area contributed by atoms with Crippen molar-refractivity contribution in [3.8, 4) is 0 Å². The zero-order valence-electron chi connectivity index (χ0n) is 16.2. The van der Waals surface area contributed by atoms with Crippen LogP contribution in [0.2, 0.25) is 5.28 Å². The van der Waals surface area contributed by atoms with E-state index in [1.165, 1.54) is 23.7 Å². The summed E-state index contributed by atoms with van der Waals surface area (Å²) >= 11 is 4.54. The molecular formula is C17H16ClN6O5S2-. The second-order valence-corrected chi connectivity index (χ2v) is 8.39. The van der Waals surface area contributed by atoms with Gasteiger partial charge in [-0.05, 0) is 18.5 Å². The molecule has 4 rings (SSSR count). The molecule has 0 aliphatic carbocycles. The molecule has 1 fully saturated rings. The number of rotatable bonds is 6. The fraction of sp³-hybridized carbons (Fsp3) is 0.353. The predicted octanol–water partition coefficient (Wildman–Crippen LogP) is 2.08. The molecule has 0 amide bonds. The summed E-state index contributed by atoms with van der Waals surface area (Å²) in [6, 6.07) is 1.58. The van der Waals surface area contributed by atoms with Crippen LogP contribution in [0.1, 0.15) is 17.3 Å². The maximum Gasteiger partial charge on any atom is 0.341 e. The van der Waals surface area contributed by atoms with Crippen molar-refractivity contribution in [2.45, 2.75) is 6.92 Å². The molecule has 1 atom stereocenters. The van der Waals surface area contributed by atoms with E-state index in [1.54, 1.807) is 13.0 Å². The maximum atomic E-state index is 12.0. The van der Waals surface area contributed by atoms with Crippen molar-refractivity contribution in [2.75, 3.05) is 42.1 Å². The third-order valence-corrected chi connectivity index (χ3v) is 6.35. The molecule has 1 saturated heterocycles. The van der Waals surface area contributed by atoms with Crippen molar-refractivity contribution in [3.05, 3.63) is 29.3 Å². The lowest BCUT2D eigenvalue weighted by Gasteiger charge is -2.28. The molecular weight excluding hydrogens is 468 g/mol. The number of hydrogen-bond acceptors (Lipinski definition) is 11. The number of carbonyl (C=O) groups is 1. The van der Waals surface area contributed by atoms with E-state index < -0.39 is 17.2 Å². The first-order valence-corrected chi connectivity index (χ1v) is 11.4. The van der Waals surface area contributed by atoms with Crippen LogP contribution in [0.25, 0.3) is 10.2 Å². The van der Waals surface area contributed by atoms with Crippen LogP contribution in [0.5, 0.6) is 0 Å². The van der Waals surface area contributed by atoms with E-state index >= 15 is 0 Å². The Labute approximate surface area is 188 Å². The molecule has 0 radical (unpaired) electrons. The van der Waals surface area contributed by atoms with Crippen LogP contribution in [0.15, 0.2) is 18.5 Å². The van der Waals surface area contributed by atoms with E-state index in [-0.39, 0.29) is 23.4 Å². The quantitative estimate of drug-likeness (QED) is 0.291. The molecule has 11 nitrogen and oxygen atoms in total. The van der Waals surface area contributed by atoms with E-state index in [9.17, 15) is 13.6 Å². The number of aromatic nitrogens is 4. The number of morpholine rings is 1. The number of hydrogen-bond donors (Lipinski definition) is 0. The highest BCUT2D eigenvalue weighted by Crippen LogP contribution is 2.40. The summed E-state index contributed by atoms with van der Waals surface area (Å²) in [5.41, 5.74) is 0.617. The van der Waals surface area contributed by atoms with Crippen LogP contribution in [0.3, 0.4) is 0 Å². The molecule has 164 valence electrons. The second-order valence-electron chi connectivity index (χ2n) is 6.22. The lowest BCUT2D eigenvalue weighted by atomic mass is 10.3. The second kappa shape index (κ2) is 9.36. The van der Waals surface area contributed by atoms with Crippen molar-refractivity contribution < 1.29 is 23.0 Å². The van der Waals surface area contributed by atoms with Gasteiger partial charge in [0.25, 0.3) is 0 Å². The lowest BCUT2D eigenvalue weighted by molar-refractivity contribution is 0.0525. The number of carbonyl (C=O) groups excluding carboxylic acids is 1. The van der Waals surface area contributed by atoms with Crippen molar-refractivity contribution in [3.63, 3.8) is 0 Å². The Morgan fingerprint density at radius 2 is 2.06 bits per heavy atom. The van der Waals surface area contributed by atoms with Crippen LogP contribution < -0.4 is 9.21 Å². The van der Waals surface area contributed by atoms with Gasteiger partial charge in [-0.3, -0.25) is 4.21 Å². The van der Waals surface area contributed by atoms with Gasteiger partial charge < -0.3 is 18.9 Å². The molecule has 1 aliphatic heterocycles. The van der Waals surface area contributed by atoms with Crippen molar-refractivity contribution in [2.24, 2.45) is 0 Å². The van der Waals surface area contributed by atoms with Gasteiger partial charge in [0.1, 0.15) is 5.00 Å². The summed E-state index contributed by atoms with van der Waals surface area (Å²) in [5.74, 6) is -0.101. The Hall–Kier alpha value is -2.45. The van der Waals surface area contributed by atoms with Gasteiger partial charge in [0.05, 0.1) is 46.9 Å². The van der Waals surface area contributed by atoms with Gasteiger partial charge >= 0.3 is 5.97 Å². The Morgan fingerprint density at radius 3 is 2.71 bits per heavy atom. The van der Waals surface area contributed by atoms with Gasteiger partial charge in [0.15, 0.2) is 5.82 Å². The summed E-state index contributed by atoms with van der Waals surface area (Å²) in [6.45, 7) is 4.25. The standard InChI is InChI=1S/C17H17ClN6O5S2/c1-2-29-15(25)10-8-19-17(20-9-10)24(31(26)27)12-7-11-13(30-12)14(22-16(18)21-11)23-3-5-28-6-4-23/h7-9H,2-6H2,1H3,(H,26,27)/p-1. The Kier molecular flexibility index (Phi) is 6.57. The van der Waals surface area contributed by atoms with E-state index in [0.717, 1.165) is 4.31 Å². The molecule has 0 N–H and O–H groups in total. The van der Waals surface area contributed by atoms with Gasteiger partial charge in [-0.1, -0.05) is 0 Å². The highest BCUT2D eigenvalue weighted by atomic mass is 35.5. The fourth-order valence-electron chi connectivity index (χ4n) is 2.95. The predicted molar refractivity (Wildman–Crippen MR) is 115 cm³/mol. The van der Waals surface area contributed by atoms with Crippen molar-refractivity contribution >= 4 is 67.2 Å². The van der Waals surface area contributed by atoms with E-state index in [2.05, 4.69) is 19.9 Å². The van der Waals surface area contributed by atoms with Crippen LogP contribution >= 0.6 is 22.9 Å². The molecule has 3 aromatic heterocycles. The molecule has 0 aromatic carbocycles. The zero-order valence-corrected chi connectivity index (χ0v) is 18.6. The van der Waals surface area contributed by atoms with E-state index in [1.807, 2.05) is 4.90 Å². The summed E-state index contributed by atoms with van der Waals surface area (Å²) in [4.78, 5) is 30.4. The number of halogens is 1.